The number of hydrogen-bond acceptors (Lipinski definition) is 3. The molecule has 0 aromatic carbocycles. The minimum Gasteiger partial charge on any atom is -0.319 e. The van der Waals surface area contributed by atoms with Crippen LogP contribution in [0, 0.1) is 0 Å². The molecule has 0 bridgehead atoms. The molecule has 1 aliphatic rings. The second-order valence-electron chi connectivity index (χ2n) is 4.31. The van der Waals surface area contributed by atoms with Crippen LogP contribution in [0.5, 0.6) is 0 Å². The molecule has 2 rings (SSSR count). The minimum absolute atomic E-state index is 0.526. The molecular formula is C11H20N4. The average Bonchev–Trinajstić information content (AvgIpc) is 2.88. The lowest BCUT2D eigenvalue weighted by atomic mass is 10.1. The zero-order valence-corrected chi connectivity index (χ0v) is 9.53. The van der Waals surface area contributed by atoms with E-state index >= 15 is 0 Å². The standard InChI is InChI=1S/C11H20N4/c1-9(7-12-2)11-4-6-14-15(11)10-3-5-13-8-10/h4,6,9-10,12-13H,3,5,7-8H2,1-2H3. The van der Waals surface area contributed by atoms with Crippen LogP contribution in [0.3, 0.4) is 0 Å². The number of nitrogens with one attached hydrogen (secondary N) is 2. The molecule has 0 radical (unpaired) electrons. The van der Waals surface area contributed by atoms with Gasteiger partial charge in [-0.25, -0.2) is 0 Å². The first kappa shape index (κ1) is 10.6. The third kappa shape index (κ3) is 2.21. The largest absolute Gasteiger partial charge is 0.319 e. The van der Waals surface area contributed by atoms with Crippen molar-refractivity contribution in [1.29, 1.82) is 0 Å². The van der Waals surface area contributed by atoms with E-state index in [0.29, 0.717) is 12.0 Å². The fourth-order valence-electron chi connectivity index (χ4n) is 2.28. The molecule has 15 heavy (non-hydrogen) atoms. The van der Waals surface area contributed by atoms with E-state index < -0.39 is 0 Å². The lowest BCUT2D eigenvalue weighted by Gasteiger charge is -2.17. The summed E-state index contributed by atoms with van der Waals surface area (Å²) in [6.07, 6.45) is 3.11. The van der Waals surface area contributed by atoms with Gasteiger partial charge in [0.15, 0.2) is 0 Å². The van der Waals surface area contributed by atoms with Crippen LogP contribution in [0.2, 0.25) is 0 Å². The highest BCUT2D eigenvalue weighted by molar-refractivity contribution is 5.09. The van der Waals surface area contributed by atoms with Gasteiger partial charge in [0, 0.05) is 30.9 Å². The van der Waals surface area contributed by atoms with Crippen molar-refractivity contribution in [3.8, 4) is 0 Å². The van der Waals surface area contributed by atoms with Gasteiger partial charge in [-0.15, -0.1) is 0 Å². The molecule has 4 nitrogen and oxygen atoms in total. The quantitative estimate of drug-likeness (QED) is 0.767. The first-order valence-electron chi connectivity index (χ1n) is 5.71. The van der Waals surface area contributed by atoms with Crippen molar-refractivity contribution in [2.24, 2.45) is 0 Å². The normalized spacial score (nSPS) is 23.2. The average molecular weight is 208 g/mol. The van der Waals surface area contributed by atoms with Crippen molar-refractivity contribution >= 4 is 0 Å². The summed E-state index contributed by atoms with van der Waals surface area (Å²) in [5.41, 5.74) is 1.35. The van der Waals surface area contributed by atoms with Crippen LogP contribution in [0.25, 0.3) is 0 Å². The van der Waals surface area contributed by atoms with Crippen molar-refractivity contribution in [1.82, 2.24) is 20.4 Å². The summed E-state index contributed by atoms with van der Waals surface area (Å²) < 4.78 is 2.20. The van der Waals surface area contributed by atoms with E-state index in [0.717, 1.165) is 19.6 Å². The summed E-state index contributed by atoms with van der Waals surface area (Å²) in [5, 5.41) is 11.0. The predicted molar refractivity (Wildman–Crippen MR) is 61.1 cm³/mol. The number of rotatable bonds is 4. The van der Waals surface area contributed by atoms with Crippen LogP contribution in [0.15, 0.2) is 12.3 Å². The molecule has 1 saturated heterocycles. The lowest BCUT2D eigenvalue weighted by molar-refractivity contribution is 0.455. The summed E-state index contributed by atoms with van der Waals surface area (Å²) in [6.45, 7) is 5.42. The Kier molecular flexibility index (Phi) is 3.38. The van der Waals surface area contributed by atoms with Crippen molar-refractivity contribution < 1.29 is 0 Å². The maximum absolute atomic E-state index is 4.45. The molecule has 1 aromatic rings. The molecule has 0 amide bonds. The SMILES string of the molecule is CNCC(C)c1ccnn1C1CCNC1. The van der Waals surface area contributed by atoms with Gasteiger partial charge < -0.3 is 10.6 Å². The highest BCUT2D eigenvalue weighted by atomic mass is 15.3. The summed E-state index contributed by atoms with van der Waals surface area (Å²) in [4.78, 5) is 0. The molecule has 4 heteroatoms. The van der Waals surface area contributed by atoms with Crippen molar-refractivity contribution in [3.05, 3.63) is 18.0 Å². The Bertz CT molecular complexity index is 301. The predicted octanol–water partition coefficient (Wildman–Crippen LogP) is 0.740. The molecule has 0 saturated carbocycles. The summed E-state index contributed by atoms with van der Waals surface area (Å²) in [5.74, 6) is 0.526. The summed E-state index contributed by atoms with van der Waals surface area (Å²) in [7, 11) is 1.99. The molecular weight excluding hydrogens is 188 g/mol. The highest BCUT2D eigenvalue weighted by Gasteiger charge is 2.21. The fraction of sp³-hybridized carbons (Fsp3) is 0.727. The monoisotopic (exact) mass is 208 g/mol. The highest BCUT2D eigenvalue weighted by Crippen LogP contribution is 2.21. The van der Waals surface area contributed by atoms with Crippen LogP contribution in [-0.4, -0.2) is 36.5 Å². The molecule has 0 spiro atoms. The molecule has 2 heterocycles. The smallest absolute Gasteiger partial charge is 0.0658 e. The van der Waals surface area contributed by atoms with Gasteiger partial charge in [-0.2, -0.15) is 5.10 Å². The molecule has 1 fully saturated rings. The van der Waals surface area contributed by atoms with Crippen LogP contribution in [0.4, 0.5) is 0 Å². The van der Waals surface area contributed by atoms with E-state index in [9.17, 15) is 0 Å². The summed E-state index contributed by atoms with van der Waals surface area (Å²) >= 11 is 0. The molecule has 2 unspecified atom stereocenters. The number of likely N-dealkylation sites (N-methyl/N-ethyl adjacent to an activating group) is 1. The Morgan fingerprint density at radius 3 is 3.27 bits per heavy atom. The Hall–Kier alpha value is -0.870. The third-order valence-electron chi connectivity index (χ3n) is 3.10. The Morgan fingerprint density at radius 1 is 1.73 bits per heavy atom. The molecule has 0 aliphatic carbocycles. The second kappa shape index (κ2) is 4.77. The summed E-state index contributed by atoms with van der Waals surface area (Å²) in [6, 6.07) is 2.69. The van der Waals surface area contributed by atoms with Crippen LogP contribution in [-0.2, 0) is 0 Å². The zero-order valence-electron chi connectivity index (χ0n) is 9.53. The maximum atomic E-state index is 4.45. The van der Waals surface area contributed by atoms with Crippen molar-refractivity contribution in [3.63, 3.8) is 0 Å². The van der Waals surface area contributed by atoms with Gasteiger partial charge in [-0.3, -0.25) is 4.68 Å². The van der Waals surface area contributed by atoms with Gasteiger partial charge in [-0.1, -0.05) is 6.92 Å². The van der Waals surface area contributed by atoms with E-state index in [4.69, 9.17) is 0 Å². The van der Waals surface area contributed by atoms with Crippen molar-refractivity contribution in [2.45, 2.75) is 25.3 Å². The fourth-order valence-corrected chi connectivity index (χ4v) is 2.28. The number of nitrogens with zero attached hydrogens (tertiary/aromatic N) is 2. The van der Waals surface area contributed by atoms with Crippen molar-refractivity contribution in [2.75, 3.05) is 26.7 Å². The van der Waals surface area contributed by atoms with Gasteiger partial charge >= 0.3 is 0 Å². The van der Waals surface area contributed by atoms with Crippen LogP contribution in [0.1, 0.15) is 31.0 Å². The van der Waals surface area contributed by atoms with Gasteiger partial charge in [0.05, 0.1) is 6.04 Å². The van der Waals surface area contributed by atoms with Crippen LogP contribution < -0.4 is 10.6 Å². The minimum atomic E-state index is 0.526. The lowest BCUT2D eigenvalue weighted by Crippen LogP contribution is -2.21. The second-order valence-corrected chi connectivity index (χ2v) is 4.31. The van der Waals surface area contributed by atoms with Gasteiger partial charge in [0.2, 0.25) is 0 Å². The van der Waals surface area contributed by atoms with Gasteiger partial charge in [0.25, 0.3) is 0 Å². The molecule has 2 N–H and O–H groups in total. The Labute approximate surface area is 91.1 Å². The first-order chi connectivity index (χ1) is 7.33. The number of aromatic nitrogens is 2. The third-order valence-corrected chi connectivity index (χ3v) is 3.10. The molecule has 1 aromatic heterocycles. The Balaban J connectivity index is 2.13. The Morgan fingerprint density at radius 2 is 2.60 bits per heavy atom. The van der Waals surface area contributed by atoms with E-state index in [2.05, 4.69) is 33.4 Å². The topological polar surface area (TPSA) is 41.9 Å². The zero-order chi connectivity index (χ0) is 10.7. The van der Waals surface area contributed by atoms with Gasteiger partial charge in [0.1, 0.15) is 0 Å². The van der Waals surface area contributed by atoms with Gasteiger partial charge in [-0.05, 0) is 26.1 Å². The van der Waals surface area contributed by atoms with Crippen LogP contribution >= 0.6 is 0 Å². The molecule has 84 valence electrons. The van der Waals surface area contributed by atoms with E-state index in [1.807, 2.05) is 13.2 Å². The molecule has 1 aliphatic heterocycles. The van der Waals surface area contributed by atoms with E-state index in [-0.39, 0.29) is 0 Å². The van der Waals surface area contributed by atoms with E-state index in [1.165, 1.54) is 12.1 Å². The van der Waals surface area contributed by atoms with E-state index in [1.54, 1.807) is 0 Å². The first-order valence-corrected chi connectivity index (χ1v) is 5.71. The number of hydrogen-bond donors (Lipinski definition) is 2. The maximum Gasteiger partial charge on any atom is 0.0658 e. The molecule has 2 atom stereocenters.